The average molecular weight is 470 g/mol. The van der Waals surface area contributed by atoms with Gasteiger partial charge in [0, 0.05) is 12.6 Å². The second-order valence-corrected chi connectivity index (χ2v) is 13.3. The molecule has 7 nitrogen and oxygen atoms in total. The molecule has 0 aromatic heterocycles. The number of fused-ring (bicyclic) bond motifs is 1. The van der Waals surface area contributed by atoms with Crippen LogP contribution in [-0.4, -0.2) is 70.2 Å². The molecule has 2 fully saturated rings. The lowest BCUT2D eigenvalue weighted by Gasteiger charge is -2.37. The number of benzene rings is 1. The van der Waals surface area contributed by atoms with Gasteiger partial charge >= 0.3 is 5.97 Å². The maximum atomic E-state index is 13.6. The molecule has 2 heterocycles. The third-order valence-corrected chi connectivity index (χ3v) is 11.0. The number of hydrogen-bond acceptors (Lipinski definition) is 7. The fourth-order valence-corrected chi connectivity index (χ4v) is 10.1. The molecule has 0 spiro atoms. The Hall–Kier alpha value is -1.45. The molecule has 9 heteroatoms. The smallest absolute Gasteiger partial charge is 0.310 e. The van der Waals surface area contributed by atoms with Crippen LogP contribution >= 0.6 is 0 Å². The quantitative estimate of drug-likeness (QED) is 0.606. The monoisotopic (exact) mass is 469 g/mol. The second kappa shape index (κ2) is 8.83. The number of aryl methyl sites for hydroxylation is 2. The van der Waals surface area contributed by atoms with Crippen molar-refractivity contribution in [1.29, 1.82) is 0 Å². The Morgan fingerprint density at radius 2 is 1.87 bits per heavy atom. The zero-order valence-electron chi connectivity index (χ0n) is 18.0. The summed E-state index contributed by atoms with van der Waals surface area (Å²) in [6, 6.07) is 4.64. The highest BCUT2D eigenvalue weighted by molar-refractivity contribution is 7.96. The Labute approximate surface area is 185 Å². The number of esters is 1. The van der Waals surface area contributed by atoms with Crippen LogP contribution in [0.3, 0.4) is 0 Å². The Bertz CT molecular complexity index is 1050. The summed E-state index contributed by atoms with van der Waals surface area (Å²) in [5.74, 6) is -1.18. The predicted molar refractivity (Wildman–Crippen MR) is 117 cm³/mol. The molecule has 3 atom stereocenters. The Morgan fingerprint density at radius 3 is 2.61 bits per heavy atom. The van der Waals surface area contributed by atoms with Crippen molar-refractivity contribution in [3.05, 3.63) is 29.3 Å². The fourth-order valence-electron chi connectivity index (χ4n) is 5.26. The number of nitrogens with zero attached hydrogens (tertiary/aromatic N) is 1. The number of carbonyl (C=O) groups excluding carboxylic acids is 1. The van der Waals surface area contributed by atoms with E-state index in [1.165, 1.54) is 5.56 Å². The van der Waals surface area contributed by atoms with Crippen LogP contribution < -0.4 is 0 Å². The van der Waals surface area contributed by atoms with Crippen LogP contribution in [0.25, 0.3) is 0 Å². The molecule has 4 rings (SSSR count). The van der Waals surface area contributed by atoms with Crippen LogP contribution in [0.2, 0.25) is 0 Å². The summed E-state index contributed by atoms with van der Waals surface area (Å²) in [4.78, 5) is 14.4. The standard InChI is InChI=1S/C22H31NO6S2/c1-2-29-22(24)18-8-5-11-23(13-18)20-14-30(25,26)15-21(20)31(27,28)19-10-9-16-6-3-4-7-17(16)12-19/h9-10,12,18,20-21H,2-8,11,13-15H2,1H3/t18?,20-,21-/m0/s1. The number of likely N-dealkylation sites (tertiary alicyclic amines) is 1. The molecule has 3 aliphatic rings. The van der Waals surface area contributed by atoms with E-state index in [9.17, 15) is 21.6 Å². The lowest BCUT2D eigenvalue weighted by molar-refractivity contribution is -0.150. The van der Waals surface area contributed by atoms with Gasteiger partial charge in [0.15, 0.2) is 19.7 Å². The Balaban J connectivity index is 1.62. The second-order valence-electron chi connectivity index (χ2n) is 8.95. The highest BCUT2D eigenvalue weighted by Gasteiger charge is 2.49. The first-order chi connectivity index (χ1) is 14.7. The number of hydrogen-bond donors (Lipinski definition) is 0. The van der Waals surface area contributed by atoms with E-state index >= 15 is 0 Å². The zero-order chi connectivity index (χ0) is 22.2. The van der Waals surface area contributed by atoms with Crippen molar-refractivity contribution < 1.29 is 26.4 Å². The van der Waals surface area contributed by atoms with Crippen molar-refractivity contribution >= 4 is 25.6 Å². The van der Waals surface area contributed by atoms with E-state index < -0.39 is 31.0 Å². The number of sulfone groups is 2. The topological polar surface area (TPSA) is 97.8 Å². The normalized spacial score (nSPS) is 28.7. The third-order valence-electron chi connectivity index (χ3n) is 6.86. The molecule has 0 radical (unpaired) electrons. The lowest BCUT2D eigenvalue weighted by atomic mass is 9.92. The van der Waals surface area contributed by atoms with Gasteiger partial charge in [0.25, 0.3) is 0 Å². The third kappa shape index (κ3) is 4.68. The van der Waals surface area contributed by atoms with Gasteiger partial charge in [-0.05, 0) is 75.3 Å². The van der Waals surface area contributed by atoms with E-state index in [4.69, 9.17) is 4.74 Å². The first-order valence-corrected chi connectivity index (χ1v) is 14.5. The van der Waals surface area contributed by atoms with Crippen LogP contribution in [0.15, 0.2) is 23.1 Å². The Kier molecular flexibility index (Phi) is 6.47. The van der Waals surface area contributed by atoms with E-state index in [1.54, 1.807) is 19.1 Å². The molecule has 0 bridgehead atoms. The summed E-state index contributed by atoms with van der Waals surface area (Å²) in [7, 11) is -7.31. The van der Waals surface area contributed by atoms with Crippen molar-refractivity contribution in [3.8, 4) is 0 Å². The molecule has 2 saturated heterocycles. The molecule has 1 aliphatic carbocycles. The summed E-state index contributed by atoms with van der Waals surface area (Å²) in [6.45, 7) is 2.98. The van der Waals surface area contributed by atoms with Crippen LogP contribution in [0.4, 0.5) is 0 Å². The summed E-state index contributed by atoms with van der Waals surface area (Å²) in [5, 5.41) is -1.01. The lowest BCUT2D eigenvalue weighted by Crippen LogP contribution is -2.51. The van der Waals surface area contributed by atoms with Gasteiger partial charge in [0.1, 0.15) is 0 Å². The summed E-state index contributed by atoms with van der Waals surface area (Å²) in [5.41, 5.74) is 2.25. The molecule has 1 aromatic carbocycles. The Morgan fingerprint density at radius 1 is 1.13 bits per heavy atom. The predicted octanol–water partition coefficient (Wildman–Crippen LogP) is 1.78. The molecule has 0 N–H and O–H groups in total. The van der Waals surface area contributed by atoms with E-state index in [0.29, 0.717) is 32.5 Å². The molecule has 2 aliphatic heterocycles. The van der Waals surface area contributed by atoms with E-state index in [-0.39, 0.29) is 28.3 Å². The molecule has 0 amide bonds. The van der Waals surface area contributed by atoms with Crippen LogP contribution in [-0.2, 0) is 42.0 Å². The van der Waals surface area contributed by atoms with Gasteiger partial charge in [0.2, 0.25) is 0 Å². The van der Waals surface area contributed by atoms with Gasteiger partial charge in [-0.15, -0.1) is 0 Å². The number of rotatable bonds is 5. The maximum absolute atomic E-state index is 13.6. The molecule has 1 unspecified atom stereocenters. The van der Waals surface area contributed by atoms with E-state index in [0.717, 1.165) is 31.2 Å². The highest BCUT2D eigenvalue weighted by atomic mass is 32.2. The molecule has 0 saturated carbocycles. The minimum absolute atomic E-state index is 0.183. The van der Waals surface area contributed by atoms with E-state index in [2.05, 4.69) is 0 Å². The molecule has 1 aromatic rings. The fraction of sp³-hybridized carbons (Fsp3) is 0.682. The van der Waals surface area contributed by atoms with Gasteiger partial charge in [-0.25, -0.2) is 16.8 Å². The molecule has 31 heavy (non-hydrogen) atoms. The van der Waals surface area contributed by atoms with Gasteiger partial charge in [-0.1, -0.05) is 6.07 Å². The van der Waals surface area contributed by atoms with Crippen molar-refractivity contribution in [1.82, 2.24) is 4.90 Å². The van der Waals surface area contributed by atoms with Crippen molar-refractivity contribution in [2.75, 3.05) is 31.2 Å². The van der Waals surface area contributed by atoms with Crippen LogP contribution in [0, 0.1) is 5.92 Å². The van der Waals surface area contributed by atoms with Gasteiger partial charge in [0.05, 0.1) is 34.2 Å². The number of piperidine rings is 1. The summed E-state index contributed by atoms with van der Waals surface area (Å²) < 4.78 is 57.4. The van der Waals surface area contributed by atoms with Gasteiger partial charge < -0.3 is 4.74 Å². The molecule has 172 valence electrons. The molecular weight excluding hydrogens is 438 g/mol. The minimum Gasteiger partial charge on any atom is -0.466 e. The summed E-state index contributed by atoms with van der Waals surface area (Å²) in [6.07, 6.45) is 5.36. The van der Waals surface area contributed by atoms with Gasteiger partial charge in [-0.3, -0.25) is 9.69 Å². The van der Waals surface area contributed by atoms with Crippen molar-refractivity contribution in [3.63, 3.8) is 0 Å². The first-order valence-electron chi connectivity index (χ1n) is 11.2. The minimum atomic E-state index is -3.83. The zero-order valence-corrected chi connectivity index (χ0v) is 19.6. The number of ether oxygens (including phenoxy) is 1. The van der Waals surface area contributed by atoms with Crippen molar-refractivity contribution in [2.24, 2.45) is 5.92 Å². The van der Waals surface area contributed by atoms with Crippen LogP contribution in [0.1, 0.15) is 43.7 Å². The average Bonchev–Trinajstić information content (AvgIpc) is 3.10. The largest absolute Gasteiger partial charge is 0.466 e. The highest BCUT2D eigenvalue weighted by Crippen LogP contribution is 2.33. The van der Waals surface area contributed by atoms with Crippen LogP contribution in [0.5, 0.6) is 0 Å². The maximum Gasteiger partial charge on any atom is 0.310 e. The van der Waals surface area contributed by atoms with Crippen molar-refractivity contribution in [2.45, 2.75) is 61.6 Å². The summed E-state index contributed by atoms with van der Waals surface area (Å²) >= 11 is 0. The number of carbonyl (C=O) groups is 1. The van der Waals surface area contributed by atoms with Gasteiger partial charge in [-0.2, -0.15) is 0 Å². The van der Waals surface area contributed by atoms with E-state index in [1.807, 2.05) is 11.0 Å². The molecular formula is C22H31NO6S2. The SMILES string of the molecule is CCOC(=O)C1CCCN([C@H]2CS(=O)(=O)C[C@@H]2S(=O)(=O)c2ccc3c(c2)CCCC3)C1. The first kappa shape index (κ1) is 22.7.